The molecule has 0 aromatic carbocycles. The second-order valence-corrected chi connectivity index (χ2v) is 5.16. The highest BCUT2D eigenvalue weighted by Gasteiger charge is 2.12. The minimum absolute atomic E-state index is 0.198. The van der Waals surface area contributed by atoms with Gasteiger partial charge in [-0.1, -0.05) is 24.9 Å². The van der Waals surface area contributed by atoms with Crippen LogP contribution in [-0.4, -0.2) is 21.0 Å². The molecule has 17 heavy (non-hydrogen) atoms. The SMILES string of the molecule is CCCc1cc2c(Cl)nc(CC(=O)O)nc2s1. The molecule has 0 spiro atoms. The quantitative estimate of drug-likeness (QED) is 0.868. The molecule has 0 atom stereocenters. The Balaban J connectivity index is 2.45. The number of carboxylic acid groups (broad SMARTS) is 1. The maximum Gasteiger partial charge on any atom is 0.311 e. The van der Waals surface area contributed by atoms with Gasteiger partial charge in [-0.3, -0.25) is 4.79 Å². The van der Waals surface area contributed by atoms with Gasteiger partial charge in [-0.2, -0.15) is 0 Å². The van der Waals surface area contributed by atoms with Crippen LogP contribution >= 0.6 is 22.9 Å². The third-order valence-electron chi connectivity index (χ3n) is 2.25. The zero-order chi connectivity index (χ0) is 12.4. The predicted octanol–water partition coefficient (Wildman–Crippen LogP) is 2.92. The average molecular weight is 271 g/mol. The third-order valence-corrected chi connectivity index (χ3v) is 3.63. The number of fused-ring (bicyclic) bond motifs is 1. The maximum atomic E-state index is 10.6. The van der Waals surface area contributed by atoms with Crippen molar-refractivity contribution in [3.63, 3.8) is 0 Å². The molecule has 0 unspecified atom stereocenters. The fourth-order valence-electron chi connectivity index (χ4n) is 1.56. The van der Waals surface area contributed by atoms with Crippen molar-refractivity contribution in [1.82, 2.24) is 9.97 Å². The number of thiophene rings is 1. The van der Waals surface area contributed by atoms with E-state index < -0.39 is 5.97 Å². The van der Waals surface area contributed by atoms with Crippen LogP contribution in [0, 0.1) is 0 Å². The lowest BCUT2D eigenvalue weighted by Crippen LogP contribution is -2.04. The summed E-state index contributed by atoms with van der Waals surface area (Å²) >= 11 is 7.57. The summed E-state index contributed by atoms with van der Waals surface area (Å²) < 4.78 is 0. The Morgan fingerprint density at radius 2 is 2.29 bits per heavy atom. The van der Waals surface area contributed by atoms with E-state index in [9.17, 15) is 4.79 Å². The highest BCUT2D eigenvalue weighted by Crippen LogP contribution is 2.29. The van der Waals surface area contributed by atoms with E-state index in [2.05, 4.69) is 16.9 Å². The topological polar surface area (TPSA) is 63.1 Å². The smallest absolute Gasteiger partial charge is 0.311 e. The number of aromatic nitrogens is 2. The molecule has 0 fully saturated rings. The van der Waals surface area contributed by atoms with Crippen LogP contribution in [0.3, 0.4) is 0 Å². The zero-order valence-electron chi connectivity index (χ0n) is 9.23. The molecule has 0 radical (unpaired) electrons. The van der Waals surface area contributed by atoms with Gasteiger partial charge in [-0.15, -0.1) is 11.3 Å². The van der Waals surface area contributed by atoms with Crippen LogP contribution in [0.2, 0.25) is 5.15 Å². The van der Waals surface area contributed by atoms with E-state index in [1.165, 1.54) is 4.88 Å². The Bertz CT molecular complexity index is 568. The first-order valence-corrected chi connectivity index (χ1v) is 6.46. The number of halogens is 1. The van der Waals surface area contributed by atoms with Gasteiger partial charge in [-0.05, 0) is 12.5 Å². The van der Waals surface area contributed by atoms with E-state index in [0.29, 0.717) is 5.15 Å². The van der Waals surface area contributed by atoms with Gasteiger partial charge >= 0.3 is 5.97 Å². The van der Waals surface area contributed by atoms with Crippen LogP contribution < -0.4 is 0 Å². The molecule has 0 aliphatic carbocycles. The molecule has 0 aliphatic heterocycles. The van der Waals surface area contributed by atoms with Gasteiger partial charge in [0, 0.05) is 10.3 Å². The Morgan fingerprint density at radius 1 is 1.53 bits per heavy atom. The summed E-state index contributed by atoms with van der Waals surface area (Å²) in [5, 5.41) is 9.85. The lowest BCUT2D eigenvalue weighted by molar-refractivity contribution is -0.136. The van der Waals surface area contributed by atoms with E-state index >= 15 is 0 Å². The van der Waals surface area contributed by atoms with Crippen molar-refractivity contribution in [2.75, 3.05) is 0 Å². The number of nitrogens with zero attached hydrogens (tertiary/aromatic N) is 2. The number of aryl methyl sites for hydroxylation is 1. The van der Waals surface area contributed by atoms with Gasteiger partial charge in [0.15, 0.2) is 0 Å². The molecule has 2 aromatic heterocycles. The number of aliphatic carboxylic acids is 1. The summed E-state index contributed by atoms with van der Waals surface area (Å²) in [7, 11) is 0. The normalized spacial score (nSPS) is 10.9. The van der Waals surface area contributed by atoms with Crippen molar-refractivity contribution in [2.24, 2.45) is 0 Å². The number of carboxylic acids is 1. The number of carbonyl (C=O) groups is 1. The van der Waals surface area contributed by atoms with E-state index in [0.717, 1.165) is 23.1 Å². The summed E-state index contributed by atoms with van der Waals surface area (Å²) in [4.78, 5) is 20.8. The number of hydrogen-bond donors (Lipinski definition) is 1. The predicted molar refractivity (Wildman–Crippen MR) is 67.8 cm³/mol. The summed E-state index contributed by atoms with van der Waals surface area (Å²) in [6.45, 7) is 2.10. The molecule has 4 nitrogen and oxygen atoms in total. The fourth-order valence-corrected chi connectivity index (χ4v) is 3.01. The molecular weight excluding hydrogens is 260 g/mol. The Morgan fingerprint density at radius 3 is 2.94 bits per heavy atom. The second-order valence-electron chi connectivity index (χ2n) is 3.68. The average Bonchev–Trinajstić information content (AvgIpc) is 2.60. The van der Waals surface area contributed by atoms with Gasteiger partial charge in [0.25, 0.3) is 0 Å². The van der Waals surface area contributed by atoms with Crippen molar-refractivity contribution >= 4 is 39.1 Å². The third kappa shape index (κ3) is 2.73. The fraction of sp³-hybridized carbons (Fsp3) is 0.364. The van der Waals surface area contributed by atoms with Crippen LogP contribution in [0.25, 0.3) is 10.2 Å². The largest absolute Gasteiger partial charge is 0.481 e. The standard InChI is InChI=1S/C11H11ClN2O2S/c1-2-3-6-4-7-10(12)13-8(5-9(15)16)14-11(7)17-6/h4H,2-3,5H2,1H3,(H,15,16). The highest BCUT2D eigenvalue weighted by molar-refractivity contribution is 7.18. The van der Waals surface area contributed by atoms with Crippen molar-refractivity contribution in [3.05, 3.63) is 21.9 Å². The van der Waals surface area contributed by atoms with Crippen molar-refractivity contribution in [2.45, 2.75) is 26.2 Å². The minimum atomic E-state index is -0.953. The number of rotatable bonds is 4. The lowest BCUT2D eigenvalue weighted by Gasteiger charge is -1.97. The Hall–Kier alpha value is -1.20. The molecule has 2 rings (SSSR count). The summed E-state index contributed by atoms with van der Waals surface area (Å²) in [6, 6.07) is 1.98. The Kier molecular flexibility index (Phi) is 3.59. The number of hydrogen-bond acceptors (Lipinski definition) is 4. The van der Waals surface area contributed by atoms with Crippen LogP contribution in [0.4, 0.5) is 0 Å². The molecule has 2 heterocycles. The zero-order valence-corrected chi connectivity index (χ0v) is 10.8. The molecule has 0 bridgehead atoms. The molecular formula is C11H11ClN2O2S. The van der Waals surface area contributed by atoms with Crippen LogP contribution in [0.5, 0.6) is 0 Å². The molecule has 90 valence electrons. The van der Waals surface area contributed by atoms with Gasteiger partial charge in [0.05, 0.1) is 0 Å². The lowest BCUT2D eigenvalue weighted by atomic mass is 10.2. The molecule has 6 heteroatoms. The minimum Gasteiger partial charge on any atom is -0.481 e. The first kappa shape index (κ1) is 12.3. The van der Waals surface area contributed by atoms with E-state index in [4.69, 9.17) is 16.7 Å². The van der Waals surface area contributed by atoms with Gasteiger partial charge < -0.3 is 5.11 Å². The molecule has 0 saturated heterocycles. The van der Waals surface area contributed by atoms with E-state index in [1.807, 2.05) is 6.07 Å². The summed E-state index contributed by atoms with van der Waals surface area (Å²) in [5.74, 6) is -0.689. The molecule has 0 amide bonds. The molecule has 2 aromatic rings. The second kappa shape index (κ2) is 4.98. The summed E-state index contributed by atoms with van der Waals surface area (Å²) in [6.07, 6.45) is 1.84. The van der Waals surface area contributed by atoms with Crippen LogP contribution in [0.15, 0.2) is 6.07 Å². The van der Waals surface area contributed by atoms with E-state index in [-0.39, 0.29) is 12.2 Å². The Labute approximate surface area is 107 Å². The van der Waals surface area contributed by atoms with Crippen LogP contribution in [-0.2, 0) is 17.6 Å². The first-order valence-electron chi connectivity index (χ1n) is 5.26. The first-order chi connectivity index (χ1) is 8.10. The molecule has 0 saturated carbocycles. The van der Waals surface area contributed by atoms with Gasteiger partial charge in [0.1, 0.15) is 22.2 Å². The maximum absolute atomic E-state index is 10.6. The highest BCUT2D eigenvalue weighted by atomic mass is 35.5. The summed E-state index contributed by atoms with van der Waals surface area (Å²) in [5.41, 5.74) is 0. The van der Waals surface area contributed by atoms with Gasteiger partial charge in [0.2, 0.25) is 0 Å². The van der Waals surface area contributed by atoms with Crippen molar-refractivity contribution in [3.8, 4) is 0 Å². The van der Waals surface area contributed by atoms with Gasteiger partial charge in [-0.25, -0.2) is 9.97 Å². The van der Waals surface area contributed by atoms with Crippen LogP contribution in [0.1, 0.15) is 24.0 Å². The van der Waals surface area contributed by atoms with Crippen molar-refractivity contribution in [1.29, 1.82) is 0 Å². The monoisotopic (exact) mass is 270 g/mol. The van der Waals surface area contributed by atoms with Crippen molar-refractivity contribution < 1.29 is 9.90 Å². The molecule has 0 aliphatic rings. The molecule has 1 N–H and O–H groups in total. The van der Waals surface area contributed by atoms with E-state index in [1.54, 1.807) is 11.3 Å².